The molecular weight excluding hydrogens is 323 g/mol. The zero-order valence-corrected chi connectivity index (χ0v) is 13.8. The number of rotatable bonds is 4. The predicted octanol–water partition coefficient (Wildman–Crippen LogP) is 4.67. The summed E-state index contributed by atoms with van der Waals surface area (Å²) in [4.78, 5) is 3.27. The highest BCUT2D eigenvalue weighted by Crippen LogP contribution is 2.32. The van der Waals surface area contributed by atoms with Crippen LogP contribution < -0.4 is 0 Å². The molecule has 0 saturated heterocycles. The number of fused-ring (bicyclic) bond motifs is 1. The number of halogens is 1. The Morgan fingerprint density at radius 3 is 2.67 bits per heavy atom. The summed E-state index contributed by atoms with van der Waals surface area (Å²) in [5.41, 5.74) is 2.87. The molecule has 120 valence electrons. The van der Waals surface area contributed by atoms with Crippen LogP contribution in [0.1, 0.15) is 6.92 Å². The van der Waals surface area contributed by atoms with Crippen LogP contribution in [0.15, 0.2) is 59.9 Å². The molecule has 0 spiro atoms. The first-order valence-corrected chi connectivity index (χ1v) is 8.67. The molecule has 0 saturated carbocycles. The Balaban J connectivity index is 1.94. The van der Waals surface area contributed by atoms with E-state index in [1.54, 1.807) is 23.9 Å². The van der Waals surface area contributed by atoms with Gasteiger partial charge in [-0.1, -0.05) is 36.9 Å². The molecule has 0 aliphatic rings. The van der Waals surface area contributed by atoms with Crippen LogP contribution in [-0.2, 0) is 0 Å². The third-order valence-electron chi connectivity index (χ3n) is 3.82. The Bertz CT molecular complexity index is 988. The highest BCUT2D eigenvalue weighted by atomic mass is 32.2. The van der Waals surface area contributed by atoms with Crippen LogP contribution in [0.3, 0.4) is 0 Å². The second-order valence-electron chi connectivity index (χ2n) is 5.30. The molecular formula is C18H15FN4S. The van der Waals surface area contributed by atoms with Gasteiger partial charge in [-0.05, 0) is 36.1 Å². The van der Waals surface area contributed by atoms with Gasteiger partial charge >= 0.3 is 0 Å². The average molecular weight is 338 g/mol. The van der Waals surface area contributed by atoms with E-state index in [4.69, 9.17) is 0 Å². The van der Waals surface area contributed by atoms with Crippen molar-refractivity contribution in [2.45, 2.75) is 12.1 Å². The van der Waals surface area contributed by atoms with Crippen LogP contribution >= 0.6 is 11.8 Å². The lowest BCUT2D eigenvalue weighted by atomic mass is 10.1. The molecule has 2 aromatic carbocycles. The minimum atomic E-state index is -0.259. The average Bonchev–Trinajstić information content (AvgIpc) is 3.20. The van der Waals surface area contributed by atoms with Gasteiger partial charge in [-0.25, -0.2) is 4.39 Å². The summed E-state index contributed by atoms with van der Waals surface area (Å²) in [5.74, 6) is 1.37. The normalized spacial score (nSPS) is 11.2. The van der Waals surface area contributed by atoms with Crippen LogP contribution in [0.5, 0.6) is 0 Å². The van der Waals surface area contributed by atoms with E-state index in [0.29, 0.717) is 0 Å². The Kier molecular flexibility index (Phi) is 3.82. The van der Waals surface area contributed by atoms with E-state index >= 15 is 0 Å². The lowest BCUT2D eigenvalue weighted by Crippen LogP contribution is -1.99. The lowest BCUT2D eigenvalue weighted by molar-refractivity contribution is 0.627. The number of H-pyrrole nitrogens is 1. The molecule has 0 fully saturated rings. The van der Waals surface area contributed by atoms with Gasteiger partial charge in [-0.2, -0.15) is 0 Å². The second-order valence-corrected chi connectivity index (χ2v) is 6.53. The molecule has 0 atom stereocenters. The predicted molar refractivity (Wildman–Crippen MR) is 95.0 cm³/mol. The summed E-state index contributed by atoms with van der Waals surface area (Å²) in [6, 6.07) is 14.5. The van der Waals surface area contributed by atoms with Crippen LogP contribution in [-0.4, -0.2) is 25.5 Å². The van der Waals surface area contributed by atoms with Crippen molar-refractivity contribution in [3.05, 3.63) is 60.5 Å². The quantitative estimate of drug-likeness (QED) is 0.550. The number of aromatic nitrogens is 4. The fourth-order valence-electron chi connectivity index (χ4n) is 2.75. The Labute approximate surface area is 142 Å². The van der Waals surface area contributed by atoms with E-state index in [9.17, 15) is 4.39 Å². The number of nitrogens with zero attached hydrogens (tertiary/aromatic N) is 3. The topological polar surface area (TPSA) is 46.5 Å². The Hall–Kier alpha value is -2.60. The molecule has 0 radical (unpaired) electrons. The third kappa shape index (κ3) is 2.49. The lowest BCUT2D eigenvalue weighted by Gasteiger charge is -2.09. The van der Waals surface area contributed by atoms with Crippen LogP contribution in [0.25, 0.3) is 28.0 Å². The van der Waals surface area contributed by atoms with E-state index < -0.39 is 0 Å². The fraction of sp³-hybridized carbons (Fsp3) is 0.111. The van der Waals surface area contributed by atoms with Crippen molar-refractivity contribution in [2.24, 2.45) is 0 Å². The van der Waals surface area contributed by atoms with Crippen LogP contribution in [0, 0.1) is 5.82 Å². The van der Waals surface area contributed by atoms with Gasteiger partial charge < -0.3 is 4.98 Å². The molecule has 0 aliphatic carbocycles. The molecule has 0 amide bonds. The van der Waals surface area contributed by atoms with Gasteiger partial charge in [0.1, 0.15) is 5.82 Å². The number of aromatic amines is 1. The van der Waals surface area contributed by atoms with Crippen LogP contribution in [0.2, 0.25) is 0 Å². The van der Waals surface area contributed by atoms with Gasteiger partial charge in [0.15, 0.2) is 11.0 Å². The van der Waals surface area contributed by atoms with E-state index in [2.05, 4.69) is 28.2 Å². The maximum Gasteiger partial charge on any atom is 0.196 e. The van der Waals surface area contributed by atoms with Crippen molar-refractivity contribution in [2.75, 3.05) is 5.75 Å². The molecule has 0 aliphatic heterocycles. The molecule has 2 aromatic heterocycles. The molecule has 1 N–H and O–H groups in total. The maximum absolute atomic E-state index is 13.3. The standard InChI is InChI=1S/C18H15FN4S/c1-2-24-18-22-21-17(23(18)13-9-7-12(19)8-10-13)15-11-20-16-6-4-3-5-14(15)16/h3-11,20H,2H2,1H3. The molecule has 4 nitrogen and oxygen atoms in total. The first-order chi connectivity index (χ1) is 11.8. The minimum Gasteiger partial charge on any atom is -0.360 e. The smallest absolute Gasteiger partial charge is 0.196 e. The molecule has 4 aromatic rings. The van der Waals surface area contributed by atoms with E-state index in [1.807, 2.05) is 29.0 Å². The van der Waals surface area contributed by atoms with Gasteiger partial charge in [0.25, 0.3) is 0 Å². The Morgan fingerprint density at radius 1 is 1.08 bits per heavy atom. The SMILES string of the molecule is CCSc1nnc(-c2c[nH]c3ccccc23)n1-c1ccc(F)cc1. The largest absolute Gasteiger partial charge is 0.360 e. The Morgan fingerprint density at radius 2 is 1.88 bits per heavy atom. The summed E-state index contributed by atoms with van der Waals surface area (Å²) >= 11 is 1.61. The molecule has 24 heavy (non-hydrogen) atoms. The number of hydrogen-bond acceptors (Lipinski definition) is 3. The second kappa shape index (κ2) is 6.13. The van der Waals surface area contributed by atoms with E-state index in [-0.39, 0.29) is 5.82 Å². The highest BCUT2D eigenvalue weighted by Gasteiger charge is 2.18. The third-order valence-corrected chi connectivity index (χ3v) is 4.63. The van der Waals surface area contributed by atoms with Crippen LogP contribution in [0.4, 0.5) is 4.39 Å². The first-order valence-electron chi connectivity index (χ1n) is 7.68. The van der Waals surface area contributed by atoms with E-state index in [0.717, 1.165) is 38.9 Å². The molecule has 4 rings (SSSR count). The van der Waals surface area contributed by atoms with Gasteiger partial charge in [0.2, 0.25) is 0 Å². The number of benzene rings is 2. The van der Waals surface area contributed by atoms with E-state index in [1.165, 1.54) is 12.1 Å². The minimum absolute atomic E-state index is 0.259. The van der Waals surface area contributed by atoms with Crippen molar-refractivity contribution < 1.29 is 4.39 Å². The molecule has 2 heterocycles. The highest BCUT2D eigenvalue weighted by molar-refractivity contribution is 7.99. The van der Waals surface area contributed by atoms with Gasteiger partial charge in [-0.3, -0.25) is 4.57 Å². The summed E-state index contributed by atoms with van der Waals surface area (Å²) in [6.45, 7) is 2.07. The first kappa shape index (κ1) is 15.0. The number of para-hydroxylation sites is 1. The van der Waals surface area contributed by atoms with Gasteiger partial charge in [0.05, 0.1) is 0 Å². The van der Waals surface area contributed by atoms with Crippen molar-refractivity contribution >= 4 is 22.7 Å². The fourth-order valence-corrected chi connectivity index (χ4v) is 3.42. The maximum atomic E-state index is 13.3. The summed E-state index contributed by atoms with van der Waals surface area (Å²) < 4.78 is 15.3. The number of hydrogen-bond donors (Lipinski definition) is 1. The van der Waals surface area contributed by atoms with Gasteiger partial charge in [-0.15, -0.1) is 10.2 Å². The van der Waals surface area contributed by atoms with Crippen molar-refractivity contribution in [3.8, 4) is 17.1 Å². The van der Waals surface area contributed by atoms with Gasteiger partial charge in [0, 0.05) is 28.4 Å². The monoisotopic (exact) mass is 338 g/mol. The molecule has 0 bridgehead atoms. The van der Waals surface area contributed by atoms with Crippen molar-refractivity contribution in [1.29, 1.82) is 0 Å². The van der Waals surface area contributed by atoms with Crippen molar-refractivity contribution in [1.82, 2.24) is 19.7 Å². The summed E-state index contributed by atoms with van der Waals surface area (Å²) in [5, 5.41) is 10.6. The zero-order valence-electron chi connectivity index (χ0n) is 13.0. The summed E-state index contributed by atoms with van der Waals surface area (Å²) in [7, 11) is 0. The number of nitrogens with one attached hydrogen (secondary N) is 1. The van der Waals surface area contributed by atoms with Crippen molar-refractivity contribution in [3.63, 3.8) is 0 Å². The summed E-state index contributed by atoms with van der Waals surface area (Å²) in [6.07, 6.45) is 1.94. The number of thioether (sulfide) groups is 1. The molecule has 0 unspecified atom stereocenters. The zero-order chi connectivity index (χ0) is 16.5. The molecule has 6 heteroatoms.